The van der Waals surface area contributed by atoms with Crippen molar-refractivity contribution in [3.05, 3.63) is 116 Å². The number of piperidine rings is 1. The summed E-state index contributed by atoms with van der Waals surface area (Å²) in [6.07, 6.45) is -7.57. The molecule has 0 amide bonds. The number of aliphatic carboxylic acids is 1. The predicted molar refractivity (Wildman–Crippen MR) is 297 cm³/mol. The van der Waals surface area contributed by atoms with E-state index in [-0.39, 0.29) is 64.1 Å². The van der Waals surface area contributed by atoms with Gasteiger partial charge in [0.05, 0.1) is 12.6 Å². The van der Waals surface area contributed by atoms with Crippen molar-refractivity contribution in [3.63, 3.8) is 0 Å². The van der Waals surface area contributed by atoms with Crippen molar-refractivity contribution in [2.24, 2.45) is 11.8 Å². The van der Waals surface area contributed by atoms with Crippen LogP contribution in [0, 0.1) is 35.5 Å². The first-order chi connectivity index (χ1) is 41.9. The van der Waals surface area contributed by atoms with Crippen LogP contribution < -0.4 is 20.8 Å². The summed E-state index contributed by atoms with van der Waals surface area (Å²) >= 11 is 0. The maximum absolute atomic E-state index is 16.3. The van der Waals surface area contributed by atoms with Gasteiger partial charge in [0.15, 0.2) is 34.9 Å². The number of phenolic OH excluding ortho intramolecular Hbond substituents is 3. The number of allylic oxidation sites excluding steroid dienone is 4. The molecule has 0 saturated carbocycles. The Balaban J connectivity index is 1.14. The van der Waals surface area contributed by atoms with Gasteiger partial charge < -0.3 is 105 Å². The van der Waals surface area contributed by atoms with Gasteiger partial charge in [-0.1, -0.05) is 42.1 Å². The van der Waals surface area contributed by atoms with Crippen LogP contribution in [0.5, 0.6) is 23.0 Å². The lowest BCUT2D eigenvalue weighted by atomic mass is 9.66. The number of aromatic hydroxyl groups is 3. The van der Waals surface area contributed by atoms with Gasteiger partial charge in [-0.3, -0.25) is 14.9 Å². The van der Waals surface area contributed by atoms with Crippen molar-refractivity contribution in [3.8, 4) is 58.0 Å². The largest absolute Gasteiger partial charge is 0.507 e. The number of hydrogen-bond acceptors (Lipinski definition) is 24. The quantitative estimate of drug-likeness (QED) is 0.0362. The van der Waals surface area contributed by atoms with Crippen LogP contribution in [0.25, 0.3) is 22.3 Å². The van der Waals surface area contributed by atoms with Gasteiger partial charge in [0.1, 0.15) is 52.1 Å². The highest BCUT2D eigenvalue weighted by Gasteiger charge is 2.78. The maximum Gasteiger partial charge on any atom is 0.354 e. The topological polar surface area (TPSA) is 441 Å². The molecule has 4 saturated heterocycles. The second kappa shape index (κ2) is 20.9. The number of hydrogen-bond donors (Lipinski definition) is 17. The van der Waals surface area contributed by atoms with Crippen LogP contribution in [0.15, 0.2) is 93.0 Å². The molecule has 1 unspecified atom stereocenters. The molecule has 4 aromatic rings. The van der Waals surface area contributed by atoms with Crippen molar-refractivity contribution < 1.29 is 109 Å². The van der Waals surface area contributed by atoms with Crippen molar-refractivity contribution >= 4 is 28.7 Å². The Morgan fingerprint density at radius 1 is 0.875 bits per heavy atom. The average molecular weight is 1220 g/mol. The Morgan fingerprint density at radius 2 is 1.67 bits per heavy atom. The third-order valence-electron chi connectivity index (χ3n) is 19.0. The monoisotopic (exact) mass is 1220 g/mol. The highest BCUT2D eigenvalue weighted by Crippen LogP contribution is 2.60. The summed E-state index contributed by atoms with van der Waals surface area (Å²) in [6, 6.07) is 6.06. The van der Waals surface area contributed by atoms with Crippen molar-refractivity contribution in [2.75, 3.05) is 13.2 Å². The molecule has 2 aromatic carbocycles. The fraction of sp³-hybridized carbons (Fsp3) is 0.452. The lowest BCUT2D eigenvalue weighted by Gasteiger charge is -2.59. The number of fused-ring (bicyclic) bond motifs is 10. The van der Waals surface area contributed by atoms with Crippen LogP contribution in [0.4, 0.5) is 0 Å². The minimum atomic E-state index is -4.12. The minimum absolute atomic E-state index is 0.00240. The van der Waals surface area contributed by atoms with Gasteiger partial charge in [-0.05, 0) is 79.2 Å². The van der Waals surface area contributed by atoms with Gasteiger partial charge in [-0.2, -0.15) is 0 Å². The molecule has 10 aliphatic rings. The summed E-state index contributed by atoms with van der Waals surface area (Å²) in [5, 5.41) is 172. The van der Waals surface area contributed by atoms with E-state index in [0.29, 0.717) is 18.4 Å². The zero-order valence-corrected chi connectivity index (χ0v) is 46.4. The number of benzene rings is 2. The van der Waals surface area contributed by atoms with Crippen LogP contribution in [-0.4, -0.2) is 184 Å². The summed E-state index contributed by atoms with van der Waals surface area (Å²) in [5.41, 5.74) is -11.0. The van der Waals surface area contributed by atoms with Gasteiger partial charge in [0.2, 0.25) is 17.2 Å². The third-order valence-corrected chi connectivity index (χ3v) is 19.0. The van der Waals surface area contributed by atoms with E-state index in [9.17, 15) is 85.9 Å². The molecule has 2 aliphatic carbocycles. The van der Waals surface area contributed by atoms with E-state index in [2.05, 4.69) is 45.4 Å². The lowest BCUT2D eigenvalue weighted by Crippen LogP contribution is -2.81. The SMILES string of the molecule is O=C1C[C@@H](CO)C[C@]23OC(=O)[C@@]4(CC#C[C@](C(=O)O)(O2)C(O)(O)[C@H](O)[C@H]3O)O[C@@]23Oc5cc6oc(-c7cc(O)c(O)c(CCO)c7)cc(=O)c6c(O)c5[C@@H](C5=CNC6N[C@@H]7C=CC[C@@H](C7)C6=C5)C=C2[C@@H](CC[C@@H]1O)c1[nH]ccc1C#CC[C@]4(O)[C@H](O)[C@H]3O. The zero-order valence-electron chi connectivity index (χ0n) is 46.4. The van der Waals surface area contributed by atoms with Gasteiger partial charge in [-0.25, -0.2) is 9.59 Å². The summed E-state index contributed by atoms with van der Waals surface area (Å²) in [6.45, 7) is -1.53. The van der Waals surface area contributed by atoms with Gasteiger partial charge in [0.25, 0.3) is 11.4 Å². The standard InChI is InChI=1S/C62H61N3O23/c66-15-10-30-17-31(20-41(71)48(30)72)42-22-40(70)46-43(84-42)23-44-45(49(46)73)35(32-19-36-29-4-1-6-33(18-29)65-54(36)64-25-32)21-37-34-7-8-38(68)39(69)16-27(26-67)24-60-51(75)53(77)62(82,83)58(87-60,55(78)79)12-3-13-59(56(80)86-60)57(81,11-2-5-28-9-14-63-47(28)34)50(74)52(76)61(37,85-44)88-59/h1,6,9,14,17,19-23,25,27,29,33-35,38,50-54,63-68,71-77,81-83H,4,7-8,10-11,13,15-16,18,24,26H2,(H,78,79)/t27-,29+,33-,34-,35-,38+,50-,51-,52-,53-,54?,57+,58-,59-,60+,61+/m1/s1. The number of ketones is 1. The van der Waals surface area contributed by atoms with Gasteiger partial charge in [0, 0.05) is 108 Å². The van der Waals surface area contributed by atoms with Crippen LogP contribution in [-0.2, 0) is 35.0 Å². The lowest BCUT2D eigenvalue weighted by molar-refractivity contribution is -0.434. The Bertz CT molecular complexity index is 3970. The smallest absolute Gasteiger partial charge is 0.354 e. The number of carbonyl (C=O) groups excluding carboxylic acids is 2. The van der Waals surface area contributed by atoms with Crippen LogP contribution >= 0.6 is 0 Å². The summed E-state index contributed by atoms with van der Waals surface area (Å²) < 4.78 is 32.7. The number of Topliss-reactive ketones (excluding diaryl/α,β-unsaturated/α-hetero) is 1. The summed E-state index contributed by atoms with van der Waals surface area (Å²) in [7, 11) is 0. The molecular weight excluding hydrogens is 1150 g/mol. The molecule has 26 heteroatoms. The van der Waals surface area contributed by atoms with E-state index in [0.717, 1.165) is 23.8 Å². The number of carboxylic acid groups (broad SMARTS) is 1. The number of aromatic nitrogens is 1. The molecule has 17 N–H and O–H groups in total. The molecule has 8 bridgehead atoms. The van der Waals surface area contributed by atoms with E-state index >= 15 is 4.79 Å². The Kier molecular flexibility index (Phi) is 14.0. The van der Waals surface area contributed by atoms with Crippen LogP contribution in [0.2, 0.25) is 0 Å². The second-order valence-electron chi connectivity index (χ2n) is 24.1. The first kappa shape index (κ1) is 59.1. The van der Waals surface area contributed by atoms with Crippen LogP contribution in [0.3, 0.4) is 0 Å². The first-order valence-corrected chi connectivity index (χ1v) is 28.6. The number of ether oxygens (including phenoxy) is 4. The van der Waals surface area contributed by atoms with Crippen molar-refractivity contribution in [2.45, 2.75) is 147 Å². The average Bonchev–Trinajstić information content (AvgIpc) is 1.26. The fourth-order valence-electron chi connectivity index (χ4n) is 14.4. The van der Waals surface area contributed by atoms with E-state index in [4.69, 9.17) is 23.4 Å². The molecule has 0 radical (unpaired) electrons. The number of esters is 1. The van der Waals surface area contributed by atoms with E-state index in [1.807, 2.05) is 12.2 Å². The Morgan fingerprint density at radius 3 is 2.43 bits per heavy atom. The van der Waals surface area contributed by atoms with Crippen molar-refractivity contribution in [1.82, 2.24) is 15.6 Å². The summed E-state index contributed by atoms with van der Waals surface area (Å²) in [5.74, 6) is -13.4. The molecule has 3 spiro atoms. The number of rotatable bonds is 6. The molecule has 462 valence electrons. The van der Waals surface area contributed by atoms with Gasteiger partial charge in [-0.15, -0.1) is 0 Å². The Labute approximate surface area is 497 Å². The summed E-state index contributed by atoms with van der Waals surface area (Å²) in [4.78, 5) is 62.2. The number of aliphatic hydroxyl groups is 10. The molecule has 26 nitrogen and oxygen atoms in total. The number of dihydropyridines is 1. The molecule has 16 atom stereocenters. The molecule has 4 fully saturated rings. The van der Waals surface area contributed by atoms with E-state index < -0.39 is 191 Å². The molecule has 2 aromatic heterocycles. The minimum Gasteiger partial charge on any atom is -0.507 e. The number of aliphatic hydroxyl groups excluding tert-OH is 7. The van der Waals surface area contributed by atoms with Gasteiger partial charge >= 0.3 is 11.9 Å². The van der Waals surface area contributed by atoms with E-state index in [1.54, 1.807) is 6.20 Å². The maximum atomic E-state index is 16.3. The van der Waals surface area contributed by atoms with E-state index in [1.165, 1.54) is 24.4 Å². The molecular formula is C62H61N3O23. The fourth-order valence-corrected chi connectivity index (χ4v) is 14.4. The number of carbonyl (C=O) groups is 3. The molecule has 10 heterocycles. The third kappa shape index (κ3) is 8.54. The highest BCUT2D eigenvalue weighted by molar-refractivity contribution is 5.90. The van der Waals surface area contributed by atoms with Crippen molar-refractivity contribution in [1.29, 1.82) is 0 Å². The molecule has 88 heavy (non-hydrogen) atoms. The number of phenols is 3. The second-order valence-corrected chi connectivity index (χ2v) is 24.1. The molecule has 8 aliphatic heterocycles. The number of nitrogens with one attached hydrogen (secondary N) is 3. The highest BCUT2D eigenvalue weighted by atomic mass is 16.8. The zero-order chi connectivity index (χ0) is 62.4. The normalized spacial score (nSPS) is 36.9. The number of H-pyrrole nitrogens is 1. The first-order valence-electron chi connectivity index (χ1n) is 28.6. The number of aromatic amines is 1. The Hall–Kier alpha value is -7.90. The predicted octanol–water partition coefficient (Wildman–Crippen LogP) is -1.01. The number of carboxylic acids is 1. The molecule has 14 rings (SSSR count). The van der Waals surface area contributed by atoms with Crippen LogP contribution in [0.1, 0.15) is 85.6 Å².